The number of amides is 1. The predicted octanol–water partition coefficient (Wildman–Crippen LogP) is 4.61. The van der Waals surface area contributed by atoms with E-state index in [1.165, 1.54) is 18.0 Å². The van der Waals surface area contributed by atoms with Crippen molar-refractivity contribution in [3.05, 3.63) is 75.7 Å². The molecule has 0 atom stereocenters. The monoisotopic (exact) mass is 510 g/mol. The first kappa shape index (κ1) is 22.7. The molecule has 1 aliphatic heterocycles. The Hall–Kier alpha value is -4.08. The average molecular weight is 511 g/mol. The predicted molar refractivity (Wildman–Crippen MR) is 129 cm³/mol. The van der Waals surface area contributed by atoms with Crippen LogP contribution in [-0.4, -0.2) is 38.9 Å². The summed E-state index contributed by atoms with van der Waals surface area (Å²) in [5.74, 6) is -1.24. The molecule has 0 aliphatic carbocycles. The van der Waals surface area contributed by atoms with Crippen LogP contribution in [0.4, 0.5) is 0 Å². The first-order valence-corrected chi connectivity index (χ1v) is 10.9. The number of benzene rings is 2. The molecule has 11 heteroatoms. The van der Waals surface area contributed by atoms with Gasteiger partial charge in [0.15, 0.2) is 5.75 Å². The maximum Gasteiger partial charge on any atom is 0.360 e. The number of pyridine rings is 1. The number of carboxylic acid groups (broad SMARTS) is 1. The Labute approximate surface area is 208 Å². The molecular formula is C24H16Cl2N4O5. The molecule has 1 amide bonds. The van der Waals surface area contributed by atoms with Crippen LogP contribution < -0.4 is 15.2 Å². The van der Waals surface area contributed by atoms with Gasteiger partial charge in [0.05, 0.1) is 18.4 Å². The van der Waals surface area contributed by atoms with Crippen LogP contribution in [-0.2, 0) is 6.61 Å². The van der Waals surface area contributed by atoms with E-state index < -0.39 is 11.9 Å². The van der Waals surface area contributed by atoms with Gasteiger partial charge in [0.2, 0.25) is 11.6 Å². The van der Waals surface area contributed by atoms with Gasteiger partial charge in [-0.15, -0.1) is 0 Å². The molecule has 35 heavy (non-hydrogen) atoms. The molecule has 1 aliphatic rings. The average Bonchev–Trinajstić information content (AvgIpc) is 3.23. The number of nitrogens with two attached hydrogens (primary N) is 1. The number of carbonyl (C=O) groups excluding carboxylic acids is 1. The summed E-state index contributed by atoms with van der Waals surface area (Å²) in [6.07, 6.45) is 2.95. The van der Waals surface area contributed by atoms with Gasteiger partial charge in [0, 0.05) is 44.7 Å². The molecule has 2 aromatic carbocycles. The summed E-state index contributed by atoms with van der Waals surface area (Å²) in [7, 11) is 1.52. The maximum absolute atomic E-state index is 12.0. The lowest BCUT2D eigenvalue weighted by Gasteiger charge is -2.22. The number of halogens is 2. The largest absolute Gasteiger partial charge is 0.496 e. The fourth-order valence-electron chi connectivity index (χ4n) is 3.99. The molecule has 0 bridgehead atoms. The fraction of sp³-hybridized carbons (Fsp3) is 0.0833. The van der Waals surface area contributed by atoms with Crippen LogP contribution >= 0.6 is 23.2 Å². The molecule has 3 N–H and O–H groups in total. The summed E-state index contributed by atoms with van der Waals surface area (Å²) in [6, 6.07) is 10.0. The number of rotatable bonds is 5. The fourth-order valence-corrected chi connectivity index (χ4v) is 4.51. The zero-order valence-corrected chi connectivity index (χ0v) is 19.6. The van der Waals surface area contributed by atoms with Crippen LogP contribution in [0.3, 0.4) is 0 Å². The van der Waals surface area contributed by atoms with E-state index in [-0.39, 0.29) is 23.6 Å². The number of fused-ring (bicyclic) bond motifs is 3. The lowest BCUT2D eigenvalue weighted by atomic mass is 9.94. The number of nitrogens with zero attached hydrogens (tertiary/aromatic N) is 3. The van der Waals surface area contributed by atoms with Gasteiger partial charge in [-0.2, -0.15) is 5.10 Å². The zero-order valence-electron chi connectivity index (χ0n) is 18.1. The number of carboxylic acids is 1. The highest BCUT2D eigenvalue weighted by atomic mass is 35.5. The molecule has 9 nitrogen and oxygen atoms in total. The molecule has 0 unspecified atom stereocenters. The number of hydrogen-bond acceptors (Lipinski definition) is 6. The van der Waals surface area contributed by atoms with E-state index >= 15 is 0 Å². The van der Waals surface area contributed by atoms with Gasteiger partial charge in [-0.1, -0.05) is 23.2 Å². The van der Waals surface area contributed by atoms with E-state index in [2.05, 4.69) is 10.1 Å². The minimum Gasteiger partial charge on any atom is -0.496 e. The number of ether oxygens (including phenoxy) is 2. The van der Waals surface area contributed by atoms with Crippen LogP contribution in [0.25, 0.3) is 28.1 Å². The van der Waals surface area contributed by atoms with Crippen molar-refractivity contribution in [2.24, 2.45) is 5.73 Å². The molecule has 0 saturated heterocycles. The minimum atomic E-state index is -1.25. The quantitative estimate of drug-likeness (QED) is 0.400. The van der Waals surface area contributed by atoms with Gasteiger partial charge >= 0.3 is 5.97 Å². The number of primary amides is 1. The molecule has 3 heterocycles. The van der Waals surface area contributed by atoms with Crippen LogP contribution in [0.2, 0.25) is 10.0 Å². The zero-order chi connectivity index (χ0) is 24.9. The number of hydrogen-bond donors (Lipinski definition) is 2. The third kappa shape index (κ3) is 3.94. The highest BCUT2D eigenvalue weighted by Crippen LogP contribution is 2.45. The topological polar surface area (TPSA) is 130 Å². The summed E-state index contributed by atoms with van der Waals surface area (Å²) >= 11 is 12.4. The van der Waals surface area contributed by atoms with Crippen LogP contribution in [0, 0.1) is 0 Å². The Kier molecular flexibility index (Phi) is 5.58. The first-order valence-electron chi connectivity index (χ1n) is 10.2. The van der Waals surface area contributed by atoms with Crippen molar-refractivity contribution in [3.8, 4) is 39.6 Å². The Morgan fingerprint density at radius 3 is 2.49 bits per heavy atom. The van der Waals surface area contributed by atoms with Crippen molar-refractivity contribution in [1.82, 2.24) is 14.8 Å². The summed E-state index contributed by atoms with van der Waals surface area (Å²) in [5, 5.41) is 14.8. The number of methoxy groups -OCH3 is 1. The normalized spacial score (nSPS) is 11.9. The number of carbonyl (C=O) groups is 2. The second-order valence-electron chi connectivity index (χ2n) is 7.70. The lowest BCUT2D eigenvalue weighted by Crippen LogP contribution is -2.11. The van der Waals surface area contributed by atoms with Crippen LogP contribution in [0.1, 0.15) is 26.4 Å². The molecule has 0 radical (unpaired) electrons. The molecule has 0 saturated carbocycles. The molecule has 5 rings (SSSR count). The Balaban J connectivity index is 1.79. The van der Waals surface area contributed by atoms with Crippen molar-refractivity contribution >= 4 is 35.1 Å². The van der Waals surface area contributed by atoms with Gasteiger partial charge in [-0.25, -0.2) is 9.48 Å². The highest BCUT2D eigenvalue weighted by Gasteiger charge is 2.32. The smallest absolute Gasteiger partial charge is 0.360 e. The second-order valence-corrected chi connectivity index (χ2v) is 8.57. The summed E-state index contributed by atoms with van der Waals surface area (Å²) in [6.45, 7) is 0.0980. The summed E-state index contributed by atoms with van der Waals surface area (Å²) < 4.78 is 12.9. The molecule has 176 valence electrons. The third-order valence-electron chi connectivity index (χ3n) is 5.52. The standard InChI is InChI=1S/C24H16Cl2N4O5/c1-34-19-3-13-10-35-22-20(24(32)33)29-30(16-5-14(25)4-15(26)6-16)21(22)18(13)7-17(19)11-2-12(23(27)31)9-28-8-11/h2-9H,10H2,1H3,(H2,27,31)(H,32,33). The van der Waals surface area contributed by atoms with Gasteiger partial charge in [0.1, 0.15) is 18.1 Å². The van der Waals surface area contributed by atoms with Gasteiger partial charge in [0.25, 0.3) is 0 Å². The summed E-state index contributed by atoms with van der Waals surface area (Å²) in [5.41, 5.74) is 8.87. The lowest BCUT2D eigenvalue weighted by molar-refractivity contribution is 0.0684. The molecule has 0 fully saturated rings. The molecule has 4 aromatic rings. The van der Waals surface area contributed by atoms with E-state index in [0.717, 1.165) is 5.56 Å². The van der Waals surface area contributed by atoms with Crippen molar-refractivity contribution in [3.63, 3.8) is 0 Å². The van der Waals surface area contributed by atoms with Crippen molar-refractivity contribution < 1.29 is 24.2 Å². The SMILES string of the molecule is COc1cc2c(cc1-c1cncc(C(N)=O)c1)-c1c(c(C(=O)O)nn1-c1cc(Cl)cc(Cl)c1)OC2. The third-order valence-corrected chi connectivity index (χ3v) is 5.96. The number of aromatic carboxylic acids is 1. The molecular weight excluding hydrogens is 495 g/mol. The highest BCUT2D eigenvalue weighted by molar-refractivity contribution is 6.34. The van der Waals surface area contributed by atoms with E-state index in [4.69, 9.17) is 38.4 Å². The minimum absolute atomic E-state index is 0.0980. The van der Waals surface area contributed by atoms with E-state index in [0.29, 0.717) is 43.9 Å². The Bertz CT molecular complexity index is 1510. The van der Waals surface area contributed by atoms with Crippen molar-refractivity contribution in [2.75, 3.05) is 7.11 Å². The molecule has 2 aromatic heterocycles. The molecule has 0 spiro atoms. The van der Waals surface area contributed by atoms with Gasteiger partial charge in [-0.05, 0) is 36.4 Å². The second kappa shape index (κ2) is 8.61. The van der Waals surface area contributed by atoms with Crippen molar-refractivity contribution in [1.29, 1.82) is 0 Å². The Morgan fingerprint density at radius 1 is 1.09 bits per heavy atom. The Morgan fingerprint density at radius 2 is 1.83 bits per heavy atom. The van der Waals surface area contributed by atoms with Gasteiger partial charge < -0.3 is 20.3 Å². The number of aromatic nitrogens is 3. The van der Waals surface area contributed by atoms with Crippen LogP contribution in [0.5, 0.6) is 11.5 Å². The maximum atomic E-state index is 12.0. The van der Waals surface area contributed by atoms with Crippen LogP contribution in [0.15, 0.2) is 48.8 Å². The van der Waals surface area contributed by atoms with E-state index in [1.807, 2.05) is 6.07 Å². The van der Waals surface area contributed by atoms with Gasteiger partial charge in [-0.3, -0.25) is 9.78 Å². The summed E-state index contributed by atoms with van der Waals surface area (Å²) in [4.78, 5) is 27.8. The van der Waals surface area contributed by atoms with E-state index in [1.54, 1.807) is 36.5 Å². The van der Waals surface area contributed by atoms with Crippen molar-refractivity contribution in [2.45, 2.75) is 6.61 Å². The first-order chi connectivity index (χ1) is 16.8. The van der Waals surface area contributed by atoms with E-state index in [9.17, 15) is 14.7 Å².